The van der Waals surface area contributed by atoms with Crippen LogP contribution >= 0.6 is 0 Å². The van der Waals surface area contributed by atoms with Crippen LogP contribution in [0.4, 0.5) is 5.82 Å². The lowest BCUT2D eigenvalue weighted by Crippen LogP contribution is -2.42. The highest BCUT2D eigenvalue weighted by Gasteiger charge is 2.36. The van der Waals surface area contributed by atoms with Crippen molar-refractivity contribution in [1.82, 2.24) is 9.78 Å². The first kappa shape index (κ1) is 21.7. The third-order valence-corrected chi connectivity index (χ3v) is 9.05. The Morgan fingerprint density at radius 2 is 1.88 bits per heavy atom. The highest BCUT2D eigenvalue weighted by atomic mass is 28.4. The van der Waals surface area contributed by atoms with E-state index in [1.807, 2.05) is 19.0 Å². The van der Waals surface area contributed by atoms with Gasteiger partial charge < -0.3 is 14.1 Å². The zero-order chi connectivity index (χ0) is 19.4. The van der Waals surface area contributed by atoms with Gasteiger partial charge in [0.25, 0.3) is 5.56 Å². The molecule has 0 saturated heterocycles. The van der Waals surface area contributed by atoms with Gasteiger partial charge in [-0.3, -0.25) is 4.79 Å². The molecule has 0 amide bonds. The van der Waals surface area contributed by atoms with E-state index in [1.165, 1.54) is 10.7 Å². The average Bonchev–Trinajstić information content (AvgIpc) is 2.45. The second-order valence-electron chi connectivity index (χ2n) is 8.60. The second kappa shape index (κ2) is 8.36. The van der Waals surface area contributed by atoms with Crippen LogP contribution in [0.2, 0.25) is 18.1 Å². The summed E-state index contributed by atoms with van der Waals surface area (Å²) >= 11 is 0. The Labute approximate surface area is 153 Å². The number of hydrogen-bond acceptors (Lipinski definition) is 5. The Hall–Kier alpha value is -1.34. The van der Waals surface area contributed by atoms with Crippen molar-refractivity contribution < 1.29 is 9.16 Å². The van der Waals surface area contributed by atoms with Crippen LogP contribution in [-0.4, -0.2) is 45.4 Å². The Morgan fingerprint density at radius 3 is 2.36 bits per heavy atom. The minimum absolute atomic E-state index is 0.148. The maximum atomic E-state index is 12.4. The molecule has 0 bridgehead atoms. The zero-order valence-corrected chi connectivity index (χ0v) is 18.3. The zero-order valence-electron chi connectivity index (χ0n) is 17.3. The molecule has 1 aromatic rings. The molecule has 7 heteroatoms. The molecule has 0 spiro atoms. The van der Waals surface area contributed by atoms with Crippen LogP contribution in [0.1, 0.15) is 34.6 Å². The van der Waals surface area contributed by atoms with Gasteiger partial charge in [0.15, 0.2) is 19.9 Å². The molecule has 0 atom stereocenters. The molecule has 0 saturated carbocycles. The molecule has 1 rings (SSSR count). The lowest BCUT2D eigenvalue weighted by molar-refractivity contribution is 0.257. The lowest BCUT2D eigenvalue weighted by atomic mass is 10.2. The summed E-state index contributed by atoms with van der Waals surface area (Å²) in [5.74, 6) is 1.58. The molecule has 0 aliphatic carbocycles. The van der Waals surface area contributed by atoms with E-state index in [1.54, 1.807) is 0 Å². The monoisotopic (exact) mass is 369 g/mol. The second-order valence-corrected chi connectivity index (χ2v) is 13.4. The predicted molar refractivity (Wildman–Crippen MR) is 106 cm³/mol. The molecule has 1 heterocycles. The number of ether oxygens (including phenoxy) is 1. The van der Waals surface area contributed by atoms with Crippen LogP contribution in [0.3, 0.4) is 0 Å². The maximum Gasteiger partial charge on any atom is 0.270 e. The normalized spacial score (nSPS) is 12.6. The van der Waals surface area contributed by atoms with E-state index < -0.39 is 8.32 Å². The third-order valence-electron chi connectivity index (χ3n) is 4.51. The van der Waals surface area contributed by atoms with Gasteiger partial charge in [-0.1, -0.05) is 34.6 Å². The molecule has 0 aromatic carbocycles. The van der Waals surface area contributed by atoms with Crippen molar-refractivity contribution in [2.24, 2.45) is 5.92 Å². The van der Waals surface area contributed by atoms with Crippen molar-refractivity contribution in [1.29, 1.82) is 0 Å². The molecule has 0 N–H and O–H groups in total. The van der Waals surface area contributed by atoms with Crippen LogP contribution in [0.15, 0.2) is 10.9 Å². The lowest BCUT2D eigenvalue weighted by Gasteiger charge is -2.36. The van der Waals surface area contributed by atoms with Gasteiger partial charge in [-0.05, 0) is 24.1 Å². The summed E-state index contributed by atoms with van der Waals surface area (Å²) in [4.78, 5) is 14.2. The van der Waals surface area contributed by atoms with Gasteiger partial charge in [-0.15, -0.1) is 5.10 Å². The average molecular weight is 370 g/mol. The van der Waals surface area contributed by atoms with Gasteiger partial charge in [0.2, 0.25) is 0 Å². The minimum atomic E-state index is -1.83. The molecule has 144 valence electrons. The predicted octanol–water partition coefficient (Wildman–Crippen LogP) is 3.37. The smallest absolute Gasteiger partial charge is 0.270 e. The topological polar surface area (TPSA) is 56.6 Å². The Morgan fingerprint density at radius 1 is 1.28 bits per heavy atom. The van der Waals surface area contributed by atoms with Gasteiger partial charge >= 0.3 is 0 Å². The summed E-state index contributed by atoms with van der Waals surface area (Å²) in [6.07, 6.45) is 0. The summed E-state index contributed by atoms with van der Waals surface area (Å²) in [6, 6.07) is 1.52. The van der Waals surface area contributed by atoms with Crippen molar-refractivity contribution in [2.75, 3.05) is 32.2 Å². The molecule has 0 radical (unpaired) electrons. The molecule has 0 aliphatic heterocycles. The quantitative estimate of drug-likeness (QED) is 0.658. The van der Waals surface area contributed by atoms with Gasteiger partial charge in [0.1, 0.15) is 0 Å². The number of anilines is 1. The number of nitrogens with zero attached hydrogens (tertiary/aromatic N) is 3. The van der Waals surface area contributed by atoms with Crippen molar-refractivity contribution in [3.05, 3.63) is 16.4 Å². The molecule has 25 heavy (non-hydrogen) atoms. The highest BCUT2D eigenvalue weighted by molar-refractivity contribution is 6.74. The third kappa shape index (κ3) is 6.15. The van der Waals surface area contributed by atoms with E-state index in [4.69, 9.17) is 9.16 Å². The van der Waals surface area contributed by atoms with Crippen molar-refractivity contribution >= 4 is 14.1 Å². The Balaban J connectivity index is 2.91. The first-order valence-electron chi connectivity index (χ1n) is 8.91. The van der Waals surface area contributed by atoms with E-state index in [2.05, 4.69) is 52.8 Å². The summed E-state index contributed by atoms with van der Waals surface area (Å²) in [5, 5.41) is 4.62. The molecule has 1 aromatic heterocycles. The van der Waals surface area contributed by atoms with Gasteiger partial charge in [0, 0.05) is 14.1 Å². The summed E-state index contributed by atoms with van der Waals surface area (Å²) in [5.41, 5.74) is -0.164. The van der Waals surface area contributed by atoms with Gasteiger partial charge in [-0.2, -0.15) is 0 Å². The van der Waals surface area contributed by atoms with Gasteiger partial charge in [0.05, 0.1) is 25.8 Å². The number of hydrogen-bond donors (Lipinski definition) is 0. The minimum Gasteiger partial charge on any atom is -0.489 e. The van der Waals surface area contributed by atoms with E-state index >= 15 is 0 Å². The van der Waals surface area contributed by atoms with Crippen LogP contribution in [0.25, 0.3) is 0 Å². The molecular weight excluding hydrogens is 334 g/mol. The fourth-order valence-corrected chi connectivity index (χ4v) is 2.94. The first-order valence-corrected chi connectivity index (χ1v) is 11.8. The molecule has 0 fully saturated rings. The highest BCUT2D eigenvalue weighted by Crippen LogP contribution is 2.36. The molecule has 0 unspecified atom stereocenters. The number of rotatable bonds is 8. The van der Waals surface area contributed by atoms with Crippen LogP contribution < -0.4 is 15.2 Å². The van der Waals surface area contributed by atoms with Gasteiger partial charge in [-0.25, -0.2) is 4.68 Å². The fourth-order valence-electron chi connectivity index (χ4n) is 1.90. The maximum absolute atomic E-state index is 12.4. The summed E-state index contributed by atoms with van der Waals surface area (Å²) in [7, 11) is 1.96. The molecule has 6 nitrogen and oxygen atoms in total. The van der Waals surface area contributed by atoms with Crippen LogP contribution in [0.5, 0.6) is 5.75 Å². The first-order chi connectivity index (χ1) is 11.3. The molecular formula is C18H35N3O3Si. The fraction of sp³-hybridized carbons (Fsp3) is 0.778. The standard InChI is InChI=1S/C18H35N3O3Si/c1-14(2)13-23-15-12-16(22)21(19-17(15)20(6)7)10-11-24-25(8,9)18(3,4)5/h12,14H,10-11,13H2,1-9H3. The SMILES string of the molecule is CC(C)COc1cc(=O)n(CCO[Si](C)(C)C(C)(C)C)nc1N(C)C. The van der Waals surface area contributed by atoms with Crippen molar-refractivity contribution in [2.45, 2.75) is 59.3 Å². The van der Waals surface area contributed by atoms with Crippen molar-refractivity contribution in [3.8, 4) is 5.75 Å². The molecule has 0 aliphatic rings. The van der Waals surface area contributed by atoms with E-state index in [-0.39, 0.29) is 10.6 Å². The summed E-state index contributed by atoms with van der Waals surface area (Å²) < 4.78 is 13.4. The van der Waals surface area contributed by atoms with E-state index in [0.717, 1.165) is 0 Å². The van der Waals surface area contributed by atoms with E-state index in [9.17, 15) is 4.79 Å². The van der Waals surface area contributed by atoms with Crippen LogP contribution in [0, 0.1) is 5.92 Å². The Kier molecular flexibility index (Phi) is 7.25. The number of aromatic nitrogens is 2. The Bertz CT molecular complexity index is 619. The summed E-state index contributed by atoms with van der Waals surface area (Å²) in [6.45, 7) is 16.6. The van der Waals surface area contributed by atoms with Crippen LogP contribution in [-0.2, 0) is 11.0 Å². The van der Waals surface area contributed by atoms with E-state index in [0.29, 0.717) is 37.2 Å². The largest absolute Gasteiger partial charge is 0.489 e. The van der Waals surface area contributed by atoms with Crippen molar-refractivity contribution in [3.63, 3.8) is 0 Å².